The van der Waals surface area contributed by atoms with Gasteiger partial charge in [0.1, 0.15) is 0 Å². The summed E-state index contributed by atoms with van der Waals surface area (Å²) in [6.07, 6.45) is 0. The minimum absolute atomic E-state index is 0.00662. The molecular weight excluding hydrogens is 280 g/mol. The van der Waals surface area contributed by atoms with E-state index < -0.39 is 0 Å². The normalized spacial score (nSPS) is 17.9. The number of hydrogen-bond acceptors (Lipinski definition) is 5. The van der Waals surface area contributed by atoms with Gasteiger partial charge in [0.2, 0.25) is 0 Å². The number of piperazine rings is 1. The van der Waals surface area contributed by atoms with E-state index in [-0.39, 0.29) is 23.4 Å². The van der Waals surface area contributed by atoms with Crippen molar-refractivity contribution in [3.8, 4) is 11.5 Å². The van der Waals surface area contributed by atoms with E-state index in [2.05, 4.69) is 10.2 Å². The first-order valence-corrected chi connectivity index (χ1v) is 7.26. The van der Waals surface area contributed by atoms with Crippen LogP contribution in [-0.4, -0.2) is 54.5 Å². The third kappa shape index (κ3) is 3.35. The van der Waals surface area contributed by atoms with Gasteiger partial charge < -0.3 is 20.3 Å². The molecule has 1 aromatic rings. The van der Waals surface area contributed by atoms with Crippen LogP contribution in [0.2, 0.25) is 5.02 Å². The zero-order valence-corrected chi connectivity index (χ0v) is 12.4. The molecule has 20 heavy (non-hydrogen) atoms. The fraction of sp³-hybridized carbons (Fsp3) is 0.571. The van der Waals surface area contributed by atoms with Crippen LogP contribution < -0.4 is 10.1 Å². The molecule has 0 spiro atoms. The van der Waals surface area contributed by atoms with Crippen molar-refractivity contribution in [2.24, 2.45) is 0 Å². The summed E-state index contributed by atoms with van der Waals surface area (Å²) in [6, 6.07) is 3.32. The second-order valence-electron chi connectivity index (χ2n) is 4.77. The monoisotopic (exact) mass is 300 g/mol. The van der Waals surface area contributed by atoms with Crippen LogP contribution in [0.5, 0.6) is 11.5 Å². The summed E-state index contributed by atoms with van der Waals surface area (Å²) in [5.74, 6) is 0.317. The topological polar surface area (TPSA) is 65.0 Å². The van der Waals surface area contributed by atoms with E-state index in [1.807, 2.05) is 6.92 Å². The first kappa shape index (κ1) is 15.4. The van der Waals surface area contributed by atoms with Gasteiger partial charge in [-0.1, -0.05) is 11.6 Å². The van der Waals surface area contributed by atoms with Crippen molar-refractivity contribution in [1.82, 2.24) is 10.2 Å². The molecule has 0 bridgehead atoms. The molecule has 0 saturated carbocycles. The number of hydrogen-bond donors (Lipinski definition) is 3. The quantitative estimate of drug-likeness (QED) is 0.767. The number of ether oxygens (including phenoxy) is 1. The third-order valence-electron chi connectivity index (χ3n) is 3.50. The molecule has 112 valence electrons. The number of nitrogens with zero attached hydrogens (tertiary/aromatic N) is 1. The molecule has 6 heteroatoms. The van der Waals surface area contributed by atoms with Crippen molar-refractivity contribution in [2.45, 2.75) is 13.0 Å². The predicted octanol–water partition coefficient (Wildman–Crippen LogP) is 1.38. The predicted molar refractivity (Wildman–Crippen MR) is 78.6 cm³/mol. The Balaban J connectivity index is 2.28. The Kier molecular flexibility index (Phi) is 5.48. The van der Waals surface area contributed by atoms with E-state index in [1.54, 1.807) is 12.1 Å². The fourth-order valence-corrected chi connectivity index (χ4v) is 2.70. The Bertz CT molecular complexity index is 450. The van der Waals surface area contributed by atoms with Gasteiger partial charge in [-0.25, -0.2) is 0 Å². The van der Waals surface area contributed by atoms with E-state index >= 15 is 0 Å². The molecule has 0 aliphatic carbocycles. The maximum absolute atomic E-state index is 9.87. The Morgan fingerprint density at radius 2 is 2.10 bits per heavy atom. The van der Waals surface area contributed by atoms with Gasteiger partial charge in [0, 0.05) is 26.2 Å². The molecule has 0 aromatic heterocycles. The van der Waals surface area contributed by atoms with Crippen molar-refractivity contribution in [3.05, 3.63) is 22.7 Å². The summed E-state index contributed by atoms with van der Waals surface area (Å²) in [4.78, 5) is 2.20. The maximum Gasteiger partial charge on any atom is 0.176 e. The lowest BCUT2D eigenvalue weighted by molar-refractivity contribution is 0.110. The van der Waals surface area contributed by atoms with Gasteiger partial charge in [-0.3, -0.25) is 4.90 Å². The summed E-state index contributed by atoms with van der Waals surface area (Å²) in [7, 11) is 0. The maximum atomic E-state index is 9.87. The molecule has 1 saturated heterocycles. The number of rotatable bonds is 5. The van der Waals surface area contributed by atoms with Crippen molar-refractivity contribution in [3.63, 3.8) is 0 Å². The smallest absolute Gasteiger partial charge is 0.176 e. The Morgan fingerprint density at radius 3 is 2.70 bits per heavy atom. The van der Waals surface area contributed by atoms with E-state index in [1.165, 1.54) is 0 Å². The summed E-state index contributed by atoms with van der Waals surface area (Å²) in [5, 5.41) is 23.1. The van der Waals surface area contributed by atoms with Gasteiger partial charge in [0.15, 0.2) is 11.5 Å². The summed E-state index contributed by atoms with van der Waals surface area (Å²) in [5.41, 5.74) is 0.862. The van der Waals surface area contributed by atoms with Crippen molar-refractivity contribution < 1.29 is 14.9 Å². The lowest BCUT2D eigenvalue weighted by Gasteiger charge is -2.34. The Labute approximate surface area is 124 Å². The molecule has 0 radical (unpaired) electrons. The number of phenolic OH excluding ortho intramolecular Hbond substituents is 1. The third-order valence-corrected chi connectivity index (χ3v) is 3.79. The average molecular weight is 301 g/mol. The minimum Gasteiger partial charge on any atom is -0.503 e. The highest BCUT2D eigenvalue weighted by Gasteiger charge is 2.23. The molecule has 1 aromatic carbocycles. The molecule has 1 atom stereocenters. The zero-order valence-electron chi connectivity index (χ0n) is 11.6. The molecule has 1 aliphatic rings. The van der Waals surface area contributed by atoms with Crippen LogP contribution in [0.15, 0.2) is 12.1 Å². The largest absolute Gasteiger partial charge is 0.503 e. The van der Waals surface area contributed by atoms with E-state index in [4.69, 9.17) is 16.3 Å². The van der Waals surface area contributed by atoms with Crippen LogP contribution in [0.25, 0.3) is 0 Å². The fourth-order valence-electron chi connectivity index (χ4n) is 2.48. The van der Waals surface area contributed by atoms with Crippen molar-refractivity contribution in [1.29, 1.82) is 0 Å². The summed E-state index contributed by atoms with van der Waals surface area (Å²) >= 11 is 6.05. The van der Waals surface area contributed by atoms with Crippen LogP contribution >= 0.6 is 11.6 Å². The average Bonchev–Trinajstić information content (AvgIpc) is 2.46. The number of aliphatic hydroxyl groups excluding tert-OH is 1. The van der Waals surface area contributed by atoms with Crippen molar-refractivity contribution >= 4 is 11.6 Å². The second-order valence-corrected chi connectivity index (χ2v) is 5.17. The van der Waals surface area contributed by atoms with E-state index in [0.29, 0.717) is 12.4 Å². The highest BCUT2D eigenvalue weighted by atomic mass is 35.5. The Hall–Kier alpha value is -1.01. The highest BCUT2D eigenvalue weighted by Crippen LogP contribution is 2.38. The highest BCUT2D eigenvalue weighted by molar-refractivity contribution is 6.32. The molecule has 5 nitrogen and oxygen atoms in total. The van der Waals surface area contributed by atoms with Crippen molar-refractivity contribution in [2.75, 3.05) is 39.4 Å². The van der Waals surface area contributed by atoms with Crippen LogP contribution in [0.4, 0.5) is 0 Å². The first-order valence-electron chi connectivity index (χ1n) is 6.88. The molecule has 2 rings (SSSR count). The Morgan fingerprint density at radius 1 is 1.40 bits per heavy atom. The molecular formula is C14H21ClN2O3. The standard InChI is InChI=1S/C14H21ClN2O3/c1-2-20-13-8-10(7-11(15)14(13)19)12(9-18)17-5-3-16-4-6-17/h7-8,12,16,18-19H,2-6,9H2,1H3. The van der Waals surface area contributed by atoms with Crippen LogP contribution in [-0.2, 0) is 0 Å². The first-order chi connectivity index (χ1) is 9.67. The molecule has 1 aliphatic heterocycles. The van der Waals surface area contributed by atoms with Crippen LogP contribution in [0.1, 0.15) is 18.5 Å². The lowest BCUT2D eigenvalue weighted by atomic mass is 10.0. The van der Waals surface area contributed by atoms with Gasteiger partial charge in [0.25, 0.3) is 0 Å². The van der Waals surface area contributed by atoms with Crippen LogP contribution in [0, 0.1) is 0 Å². The van der Waals surface area contributed by atoms with Gasteiger partial charge in [-0.2, -0.15) is 0 Å². The SMILES string of the molecule is CCOc1cc(C(CO)N2CCNCC2)cc(Cl)c1O. The van der Waals surface area contributed by atoms with Crippen LogP contribution in [0.3, 0.4) is 0 Å². The summed E-state index contributed by atoms with van der Waals surface area (Å²) < 4.78 is 5.39. The zero-order chi connectivity index (χ0) is 14.5. The minimum atomic E-state index is -0.130. The number of aromatic hydroxyl groups is 1. The molecule has 1 unspecified atom stereocenters. The number of phenols is 1. The number of halogens is 1. The number of benzene rings is 1. The number of nitrogens with one attached hydrogen (secondary N) is 1. The molecule has 1 fully saturated rings. The number of aliphatic hydroxyl groups is 1. The van der Waals surface area contributed by atoms with E-state index in [0.717, 1.165) is 31.7 Å². The molecule has 1 heterocycles. The summed E-state index contributed by atoms with van der Waals surface area (Å²) in [6.45, 7) is 5.85. The van der Waals surface area contributed by atoms with Gasteiger partial charge in [-0.15, -0.1) is 0 Å². The van der Waals surface area contributed by atoms with Gasteiger partial charge in [-0.05, 0) is 24.6 Å². The second kappa shape index (κ2) is 7.13. The lowest BCUT2D eigenvalue weighted by Crippen LogP contribution is -2.46. The van der Waals surface area contributed by atoms with Gasteiger partial charge >= 0.3 is 0 Å². The molecule has 3 N–H and O–H groups in total. The van der Waals surface area contributed by atoms with Gasteiger partial charge in [0.05, 0.1) is 24.3 Å². The molecule has 0 amide bonds. The van der Waals surface area contributed by atoms with E-state index in [9.17, 15) is 10.2 Å².